The summed E-state index contributed by atoms with van der Waals surface area (Å²) in [4.78, 5) is 15.2. The third-order valence-corrected chi connectivity index (χ3v) is 4.85. The molecule has 1 heterocycles. The van der Waals surface area contributed by atoms with Crippen LogP contribution in [0, 0.1) is 22.7 Å². The SMILES string of the molecule is C[C@@H](Sc1[nH+]c(N)c(C#N)cc1C#N)C(=O)Nc1cc(Cl)ccc1Cl. The number of hydrogen-bond acceptors (Lipinski definition) is 5. The number of hydrogen-bond donors (Lipinski definition) is 2. The molecular formula is C16H12Cl2N5OS+. The van der Waals surface area contributed by atoms with Crippen molar-refractivity contribution in [1.82, 2.24) is 0 Å². The Morgan fingerprint density at radius 2 is 1.96 bits per heavy atom. The third kappa shape index (κ3) is 4.55. The van der Waals surface area contributed by atoms with E-state index in [9.17, 15) is 10.1 Å². The lowest BCUT2D eigenvalue weighted by molar-refractivity contribution is -0.410. The number of amides is 1. The first-order chi connectivity index (χ1) is 11.8. The van der Waals surface area contributed by atoms with E-state index in [4.69, 9.17) is 34.2 Å². The molecule has 1 aromatic heterocycles. The molecule has 1 atom stereocenters. The summed E-state index contributed by atoms with van der Waals surface area (Å²) in [5.41, 5.74) is 6.54. The quantitative estimate of drug-likeness (QED) is 0.774. The van der Waals surface area contributed by atoms with Gasteiger partial charge in [0.25, 0.3) is 5.82 Å². The molecule has 0 unspecified atom stereocenters. The standard InChI is InChI=1S/C16H11Cl2N5OS/c1-8(15(24)22-13-5-11(17)2-3-12(13)18)25-16-10(7-20)4-9(6-19)14(21)23-16/h2-5,8H,1H3,(H2,21,23)(H,22,24)/p+1/t8-/m1/s1. The first-order valence-electron chi connectivity index (χ1n) is 6.94. The minimum atomic E-state index is -0.564. The number of benzene rings is 1. The van der Waals surface area contributed by atoms with E-state index in [0.29, 0.717) is 20.8 Å². The van der Waals surface area contributed by atoms with E-state index in [1.54, 1.807) is 25.1 Å². The van der Waals surface area contributed by atoms with Crippen LogP contribution >= 0.6 is 35.0 Å². The van der Waals surface area contributed by atoms with Gasteiger partial charge in [0.05, 0.1) is 16.0 Å². The minimum absolute atomic E-state index is 0.134. The Bertz CT molecular complexity index is 920. The first-order valence-corrected chi connectivity index (χ1v) is 8.57. The summed E-state index contributed by atoms with van der Waals surface area (Å²) >= 11 is 13.0. The van der Waals surface area contributed by atoms with Crippen LogP contribution in [-0.2, 0) is 4.79 Å². The van der Waals surface area contributed by atoms with Gasteiger partial charge in [-0.25, -0.2) is 4.98 Å². The molecule has 4 N–H and O–H groups in total. The number of pyridine rings is 1. The molecular weight excluding hydrogens is 381 g/mol. The van der Waals surface area contributed by atoms with Crippen molar-refractivity contribution in [3.05, 3.63) is 45.4 Å². The second-order valence-corrected chi connectivity index (χ2v) is 7.13. The van der Waals surface area contributed by atoms with Gasteiger partial charge >= 0.3 is 0 Å². The smallest absolute Gasteiger partial charge is 0.289 e. The van der Waals surface area contributed by atoms with Crippen molar-refractivity contribution >= 4 is 52.4 Å². The monoisotopic (exact) mass is 392 g/mol. The summed E-state index contributed by atoms with van der Waals surface area (Å²) in [7, 11) is 0. The zero-order valence-corrected chi connectivity index (χ0v) is 15.3. The number of aromatic amines is 1. The third-order valence-electron chi connectivity index (χ3n) is 3.16. The lowest BCUT2D eigenvalue weighted by Crippen LogP contribution is -2.25. The summed E-state index contributed by atoms with van der Waals surface area (Å²) < 4.78 is 0. The van der Waals surface area contributed by atoms with Crippen LogP contribution in [0.1, 0.15) is 18.1 Å². The van der Waals surface area contributed by atoms with Crippen molar-refractivity contribution in [2.75, 3.05) is 11.1 Å². The van der Waals surface area contributed by atoms with Crippen LogP contribution in [0.15, 0.2) is 29.3 Å². The average molecular weight is 393 g/mol. The highest BCUT2D eigenvalue weighted by Gasteiger charge is 2.22. The number of aromatic nitrogens is 1. The highest BCUT2D eigenvalue weighted by atomic mass is 35.5. The van der Waals surface area contributed by atoms with Crippen LogP contribution in [0.3, 0.4) is 0 Å². The zero-order valence-electron chi connectivity index (χ0n) is 12.9. The van der Waals surface area contributed by atoms with Gasteiger partial charge in [-0.15, -0.1) is 0 Å². The largest absolute Gasteiger partial charge is 0.324 e. The van der Waals surface area contributed by atoms with Crippen LogP contribution in [0.4, 0.5) is 11.5 Å². The van der Waals surface area contributed by atoms with Crippen LogP contribution in [-0.4, -0.2) is 11.2 Å². The van der Waals surface area contributed by atoms with E-state index < -0.39 is 5.25 Å². The molecule has 0 fully saturated rings. The van der Waals surface area contributed by atoms with E-state index in [-0.39, 0.29) is 22.9 Å². The Hall–Kier alpha value is -2.45. The van der Waals surface area contributed by atoms with Crippen LogP contribution in [0.25, 0.3) is 0 Å². The normalized spacial score (nSPS) is 11.2. The molecule has 2 rings (SSSR count). The molecule has 1 aromatic carbocycles. The summed E-state index contributed by atoms with van der Waals surface area (Å²) in [6.45, 7) is 1.67. The van der Waals surface area contributed by atoms with E-state index >= 15 is 0 Å². The number of nitriles is 2. The highest BCUT2D eigenvalue weighted by Crippen LogP contribution is 2.28. The molecule has 25 heavy (non-hydrogen) atoms. The van der Waals surface area contributed by atoms with Crippen molar-refractivity contribution < 1.29 is 9.78 Å². The summed E-state index contributed by atoms with van der Waals surface area (Å²) in [6.07, 6.45) is 0. The first kappa shape index (κ1) is 18.9. The second kappa shape index (κ2) is 8.09. The molecule has 0 aliphatic rings. The Labute approximate surface area is 158 Å². The van der Waals surface area contributed by atoms with E-state index in [0.717, 1.165) is 11.8 Å². The number of nitrogens with two attached hydrogens (primary N) is 1. The molecule has 0 aliphatic heterocycles. The van der Waals surface area contributed by atoms with Gasteiger partial charge in [0.2, 0.25) is 5.91 Å². The predicted molar refractivity (Wildman–Crippen MR) is 97.3 cm³/mol. The molecule has 2 aromatic rings. The molecule has 0 spiro atoms. The topological polar surface area (TPSA) is 117 Å². The number of rotatable bonds is 4. The van der Waals surface area contributed by atoms with Gasteiger partial charge in [-0.05, 0) is 31.2 Å². The number of halogens is 2. The maximum atomic E-state index is 12.4. The second-order valence-electron chi connectivity index (χ2n) is 4.94. The number of nitrogen functional groups attached to an aromatic ring is 1. The maximum Gasteiger partial charge on any atom is 0.289 e. The minimum Gasteiger partial charge on any atom is -0.324 e. The fourth-order valence-corrected chi connectivity index (χ4v) is 3.13. The average Bonchev–Trinajstić information content (AvgIpc) is 2.58. The van der Waals surface area contributed by atoms with Crippen LogP contribution in [0.5, 0.6) is 0 Å². The molecule has 0 radical (unpaired) electrons. The molecule has 1 amide bonds. The molecule has 0 saturated heterocycles. The number of carbonyl (C=O) groups is 1. The summed E-state index contributed by atoms with van der Waals surface area (Å²) in [5.74, 6) is -0.191. The Balaban J connectivity index is 2.19. The maximum absolute atomic E-state index is 12.4. The number of nitrogens with zero attached hydrogens (tertiary/aromatic N) is 2. The highest BCUT2D eigenvalue weighted by molar-refractivity contribution is 8.00. The van der Waals surface area contributed by atoms with Crippen molar-refractivity contribution in [1.29, 1.82) is 10.5 Å². The number of thioether (sulfide) groups is 1. The predicted octanol–water partition coefficient (Wildman–Crippen LogP) is 3.25. The van der Waals surface area contributed by atoms with E-state index in [1.165, 1.54) is 6.07 Å². The number of nitrogens with one attached hydrogen (secondary N) is 2. The molecule has 9 heteroatoms. The van der Waals surface area contributed by atoms with Gasteiger partial charge < -0.3 is 5.32 Å². The van der Waals surface area contributed by atoms with Gasteiger partial charge in [-0.2, -0.15) is 10.5 Å². The Morgan fingerprint density at radius 3 is 2.60 bits per heavy atom. The van der Waals surface area contributed by atoms with Crippen molar-refractivity contribution in [2.45, 2.75) is 17.2 Å². The Morgan fingerprint density at radius 1 is 1.28 bits per heavy atom. The lowest BCUT2D eigenvalue weighted by atomic mass is 10.2. The van der Waals surface area contributed by atoms with Crippen molar-refractivity contribution in [3.8, 4) is 12.1 Å². The number of carbonyl (C=O) groups excluding carboxylic acids is 1. The molecule has 0 aliphatic carbocycles. The summed E-state index contributed by atoms with van der Waals surface area (Å²) in [6, 6.07) is 10.0. The van der Waals surface area contributed by atoms with Gasteiger partial charge in [-0.3, -0.25) is 10.5 Å². The van der Waals surface area contributed by atoms with Gasteiger partial charge in [0.15, 0.2) is 5.03 Å². The molecule has 0 bridgehead atoms. The van der Waals surface area contributed by atoms with Crippen LogP contribution < -0.4 is 16.0 Å². The number of H-pyrrole nitrogens is 1. The van der Waals surface area contributed by atoms with E-state index in [1.807, 2.05) is 12.1 Å². The van der Waals surface area contributed by atoms with Crippen LogP contribution in [0.2, 0.25) is 10.0 Å². The molecule has 126 valence electrons. The number of anilines is 2. The van der Waals surface area contributed by atoms with Gasteiger partial charge in [-0.1, -0.05) is 35.0 Å². The molecule has 6 nitrogen and oxygen atoms in total. The fourth-order valence-electron chi connectivity index (χ4n) is 1.87. The lowest BCUT2D eigenvalue weighted by Gasteiger charge is -2.12. The Kier molecular flexibility index (Phi) is 6.11. The van der Waals surface area contributed by atoms with E-state index in [2.05, 4.69) is 10.3 Å². The molecule has 0 saturated carbocycles. The van der Waals surface area contributed by atoms with Crippen molar-refractivity contribution in [2.24, 2.45) is 0 Å². The zero-order chi connectivity index (χ0) is 18.6. The van der Waals surface area contributed by atoms with Crippen molar-refractivity contribution in [3.63, 3.8) is 0 Å². The van der Waals surface area contributed by atoms with Gasteiger partial charge in [0, 0.05) is 5.02 Å². The summed E-state index contributed by atoms with van der Waals surface area (Å²) in [5, 5.41) is 21.5. The fraction of sp³-hybridized carbons (Fsp3) is 0.125. The van der Waals surface area contributed by atoms with Gasteiger partial charge in [0.1, 0.15) is 23.3 Å².